The molecular formula is C8H16O5. The van der Waals surface area contributed by atoms with Gasteiger partial charge in [0.15, 0.2) is 0 Å². The van der Waals surface area contributed by atoms with E-state index in [1.54, 1.807) is 19.9 Å². The minimum Gasteiger partial charge on any atom is -0.478 e. The van der Waals surface area contributed by atoms with Gasteiger partial charge in [0, 0.05) is 12.0 Å². The van der Waals surface area contributed by atoms with Crippen molar-refractivity contribution in [1.29, 1.82) is 0 Å². The van der Waals surface area contributed by atoms with Crippen LogP contribution < -0.4 is 0 Å². The molecule has 0 aliphatic rings. The number of aliphatic carboxylic acids is 1. The first-order valence-electron chi connectivity index (χ1n) is 3.78. The van der Waals surface area contributed by atoms with Crippen LogP contribution in [0.25, 0.3) is 0 Å². The second kappa shape index (κ2) is 6.59. The molecule has 0 saturated heterocycles. The highest BCUT2D eigenvalue weighted by atomic mass is 16.7. The lowest BCUT2D eigenvalue weighted by Gasteiger charge is -2.08. The van der Waals surface area contributed by atoms with E-state index in [9.17, 15) is 4.79 Å². The van der Waals surface area contributed by atoms with Gasteiger partial charge < -0.3 is 20.4 Å². The van der Waals surface area contributed by atoms with E-state index in [0.29, 0.717) is 5.57 Å². The van der Waals surface area contributed by atoms with Gasteiger partial charge in [0.05, 0.1) is 0 Å². The number of hydrogen-bond donors (Lipinski definition) is 4. The first-order valence-corrected chi connectivity index (χ1v) is 3.78. The Morgan fingerprint density at radius 2 is 1.69 bits per heavy atom. The number of hydrogen-bond acceptors (Lipinski definition) is 4. The van der Waals surface area contributed by atoms with Crippen molar-refractivity contribution in [3.63, 3.8) is 0 Å². The molecule has 0 saturated carbocycles. The predicted octanol–water partition coefficient (Wildman–Crippen LogP) is 0.0643. The van der Waals surface area contributed by atoms with Crippen molar-refractivity contribution >= 4 is 5.97 Å². The largest absolute Gasteiger partial charge is 0.478 e. The fourth-order valence-corrected chi connectivity index (χ4v) is 0.123. The lowest BCUT2D eigenvalue weighted by molar-refractivity contribution is -0.312. The van der Waals surface area contributed by atoms with Gasteiger partial charge in [0.1, 0.15) is 0 Å². The molecule has 0 fully saturated rings. The molecule has 0 rings (SSSR count). The van der Waals surface area contributed by atoms with E-state index in [-0.39, 0.29) is 6.42 Å². The van der Waals surface area contributed by atoms with E-state index in [0.717, 1.165) is 0 Å². The zero-order valence-electron chi connectivity index (χ0n) is 7.98. The van der Waals surface area contributed by atoms with Gasteiger partial charge in [-0.25, -0.2) is 4.79 Å². The Labute approximate surface area is 76.9 Å². The standard InChI is InChI=1S/C5H8O2.C3H8O3/c1-3-4(2)5(6)7;1-2-3(4,5)6/h3H,1-2H3,(H,6,7);4-6H,2H2,1H3. The summed E-state index contributed by atoms with van der Waals surface area (Å²) >= 11 is 0. The van der Waals surface area contributed by atoms with Crippen LogP contribution in [-0.2, 0) is 4.79 Å². The Morgan fingerprint density at radius 3 is 1.69 bits per heavy atom. The smallest absolute Gasteiger partial charge is 0.330 e. The number of rotatable bonds is 2. The maximum absolute atomic E-state index is 9.86. The number of allylic oxidation sites excluding steroid dienone is 1. The number of carboxylic acid groups (broad SMARTS) is 1. The van der Waals surface area contributed by atoms with Gasteiger partial charge in [-0.1, -0.05) is 13.0 Å². The molecule has 0 aliphatic heterocycles. The third kappa shape index (κ3) is 14.0. The van der Waals surface area contributed by atoms with E-state index in [2.05, 4.69) is 0 Å². The van der Waals surface area contributed by atoms with Crippen LogP contribution in [-0.4, -0.2) is 32.4 Å². The van der Waals surface area contributed by atoms with Crippen molar-refractivity contribution in [3.8, 4) is 0 Å². The normalized spacial score (nSPS) is 11.7. The molecule has 13 heavy (non-hydrogen) atoms. The van der Waals surface area contributed by atoms with Crippen LogP contribution in [0.2, 0.25) is 0 Å². The average molecular weight is 192 g/mol. The molecule has 5 nitrogen and oxygen atoms in total. The van der Waals surface area contributed by atoms with Crippen molar-refractivity contribution < 1.29 is 25.2 Å². The summed E-state index contributed by atoms with van der Waals surface area (Å²) in [6.45, 7) is 4.71. The fraction of sp³-hybridized carbons (Fsp3) is 0.625. The number of carbonyl (C=O) groups is 1. The van der Waals surface area contributed by atoms with Gasteiger partial charge in [0.25, 0.3) is 5.97 Å². The predicted molar refractivity (Wildman–Crippen MR) is 46.7 cm³/mol. The molecule has 0 spiro atoms. The fourth-order valence-electron chi connectivity index (χ4n) is 0.123. The van der Waals surface area contributed by atoms with E-state index in [1.807, 2.05) is 0 Å². The molecule has 4 N–H and O–H groups in total. The van der Waals surface area contributed by atoms with Gasteiger partial charge in [-0.05, 0) is 13.8 Å². The molecule has 0 aromatic rings. The van der Waals surface area contributed by atoms with Crippen LogP contribution in [0.1, 0.15) is 27.2 Å². The molecule has 0 radical (unpaired) electrons. The third-order valence-corrected chi connectivity index (χ3v) is 1.24. The van der Waals surface area contributed by atoms with Gasteiger partial charge in [-0.2, -0.15) is 0 Å². The summed E-state index contributed by atoms with van der Waals surface area (Å²) < 4.78 is 0. The molecule has 0 unspecified atom stereocenters. The summed E-state index contributed by atoms with van der Waals surface area (Å²) in [5.41, 5.74) is 0.389. The molecular weight excluding hydrogens is 176 g/mol. The highest BCUT2D eigenvalue weighted by Crippen LogP contribution is 1.95. The Kier molecular flexibility index (Phi) is 7.40. The SMILES string of the molecule is CC=C(C)C(=O)O.CCC(O)(O)O. The first-order chi connectivity index (χ1) is 5.74. The minimum atomic E-state index is -2.46. The van der Waals surface area contributed by atoms with Crippen LogP contribution in [0.5, 0.6) is 0 Å². The van der Waals surface area contributed by atoms with Crippen LogP contribution in [0.3, 0.4) is 0 Å². The summed E-state index contributed by atoms with van der Waals surface area (Å²) in [7, 11) is 0. The summed E-state index contributed by atoms with van der Waals surface area (Å²) in [5, 5.41) is 31.9. The van der Waals surface area contributed by atoms with Crippen molar-refractivity contribution in [2.24, 2.45) is 0 Å². The summed E-state index contributed by atoms with van der Waals surface area (Å²) in [6, 6.07) is 0. The summed E-state index contributed by atoms with van der Waals surface area (Å²) in [6.07, 6.45) is 1.50. The first kappa shape index (κ1) is 14.6. The Hall–Kier alpha value is -0.910. The highest BCUT2D eigenvalue weighted by Gasteiger charge is 2.11. The van der Waals surface area contributed by atoms with E-state index >= 15 is 0 Å². The Bertz CT molecular complexity index is 177. The maximum atomic E-state index is 9.86. The number of aliphatic hydroxyl groups is 3. The zero-order chi connectivity index (χ0) is 11.1. The lowest BCUT2D eigenvalue weighted by Crippen LogP contribution is -2.24. The minimum absolute atomic E-state index is 0.0625. The second-order valence-corrected chi connectivity index (χ2v) is 2.40. The molecule has 0 bridgehead atoms. The Morgan fingerprint density at radius 1 is 1.38 bits per heavy atom. The molecule has 0 aromatic heterocycles. The second-order valence-electron chi connectivity index (χ2n) is 2.40. The molecule has 0 heterocycles. The monoisotopic (exact) mass is 192 g/mol. The van der Waals surface area contributed by atoms with Crippen LogP contribution in [0, 0.1) is 0 Å². The lowest BCUT2D eigenvalue weighted by atomic mass is 10.3. The summed E-state index contributed by atoms with van der Waals surface area (Å²) in [5.74, 6) is -3.30. The van der Waals surface area contributed by atoms with Gasteiger partial charge in [-0.3, -0.25) is 0 Å². The number of carboxylic acids is 1. The molecule has 5 heteroatoms. The van der Waals surface area contributed by atoms with Crippen LogP contribution in [0.15, 0.2) is 11.6 Å². The van der Waals surface area contributed by atoms with Gasteiger partial charge in [-0.15, -0.1) is 0 Å². The molecule has 0 amide bonds. The van der Waals surface area contributed by atoms with Crippen molar-refractivity contribution in [3.05, 3.63) is 11.6 Å². The van der Waals surface area contributed by atoms with E-state index in [1.165, 1.54) is 6.92 Å². The molecule has 78 valence electrons. The molecule has 0 aliphatic carbocycles. The maximum Gasteiger partial charge on any atom is 0.330 e. The summed E-state index contributed by atoms with van der Waals surface area (Å²) in [4.78, 5) is 9.86. The van der Waals surface area contributed by atoms with E-state index < -0.39 is 11.9 Å². The van der Waals surface area contributed by atoms with Gasteiger partial charge in [0.2, 0.25) is 0 Å². The average Bonchev–Trinajstić information content (AvgIpc) is 2.02. The van der Waals surface area contributed by atoms with Crippen LogP contribution >= 0.6 is 0 Å². The van der Waals surface area contributed by atoms with Crippen LogP contribution in [0.4, 0.5) is 0 Å². The zero-order valence-corrected chi connectivity index (χ0v) is 7.98. The van der Waals surface area contributed by atoms with Gasteiger partial charge >= 0.3 is 5.97 Å². The van der Waals surface area contributed by atoms with Crippen molar-refractivity contribution in [2.75, 3.05) is 0 Å². The quantitative estimate of drug-likeness (QED) is 0.366. The van der Waals surface area contributed by atoms with Crippen molar-refractivity contribution in [2.45, 2.75) is 33.2 Å². The molecule has 0 aromatic carbocycles. The van der Waals surface area contributed by atoms with Crippen molar-refractivity contribution in [1.82, 2.24) is 0 Å². The topological polar surface area (TPSA) is 98.0 Å². The Balaban J connectivity index is 0. The highest BCUT2D eigenvalue weighted by molar-refractivity contribution is 5.85. The van der Waals surface area contributed by atoms with E-state index in [4.69, 9.17) is 20.4 Å². The third-order valence-electron chi connectivity index (χ3n) is 1.24. The molecule has 0 atom stereocenters.